The van der Waals surface area contributed by atoms with Crippen LogP contribution in [0.4, 0.5) is 4.39 Å². The van der Waals surface area contributed by atoms with Gasteiger partial charge in [0.25, 0.3) is 5.91 Å². The Hall–Kier alpha value is -2.02. The zero-order valence-corrected chi connectivity index (χ0v) is 12.0. The quantitative estimate of drug-likeness (QED) is 0.828. The van der Waals surface area contributed by atoms with Gasteiger partial charge >= 0.3 is 0 Å². The highest BCUT2D eigenvalue weighted by Gasteiger charge is 2.33. The van der Waals surface area contributed by atoms with Gasteiger partial charge in [0.1, 0.15) is 6.04 Å². The maximum atomic E-state index is 13.1. The van der Waals surface area contributed by atoms with Crippen LogP contribution in [0.2, 0.25) is 0 Å². The number of carbonyl (C=O) groups excluding carboxylic acids is 2. The minimum Gasteiger partial charge on any atom is -0.377 e. The molecule has 0 spiro atoms. The minimum atomic E-state index is -0.725. The summed E-state index contributed by atoms with van der Waals surface area (Å²) in [5.41, 5.74) is 0.173. The van der Waals surface area contributed by atoms with Crippen LogP contribution in [0, 0.1) is 5.95 Å². The zero-order valence-electron chi connectivity index (χ0n) is 12.0. The molecule has 1 aliphatic rings. The Morgan fingerprint density at radius 1 is 1.52 bits per heavy atom. The van der Waals surface area contributed by atoms with Gasteiger partial charge in [-0.3, -0.25) is 9.59 Å². The summed E-state index contributed by atoms with van der Waals surface area (Å²) >= 11 is 0. The van der Waals surface area contributed by atoms with Gasteiger partial charge in [-0.05, 0) is 19.9 Å². The third-order valence-electron chi connectivity index (χ3n) is 3.10. The van der Waals surface area contributed by atoms with Crippen LogP contribution in [0.1, 0.15) is 24.2 Å². The molecule has 1 N–H and O–H groups in total. The number of hydrogen-bond acceptors (Lipinski definition) is 4. The molecule has 6 nitrogen and oxygen atoms in total. The largest absolute Gasteiger partial charge is 0.377 e. The van der Waals surface area contributed by atoms with E-state index in [0.717, 1.165) is 6.07 Å². The van der Waals surface area contributed by atoms with Crippen molar-refractivity contribution >= 4 is 11.8 Å². The van der Waals surface area contributed by atoms with E-state index in [-0.39, 0.29) is 24.1 Å². The Labute approximate surface area is 122 Å². The molecular weight excluding hydrogens is 277 g/mol. The van der Waals surface area contributed by atoms with Gasteiger partial charge in [0.15, 0.2) is 0 Å². The lowest BCUT2D eigenvalue weighted by Crippen LogP contribution is -2.56. The van der Waals surface area contributed by atoms with Crippen molar-refractivity contribution in [2.45, 2.75) is 25.9 Å². The standard InChI is InChI=1S/C14H18FN3O3/c1-9(2)17-13(19)11-8-21-6-5-18(11)14(20)10-3-4-16-12(15)7-10/h3-4,7,9,11H,5-6,8H2,1-2H3,(H,17,19). The Balaban J connectivity index is 2.18. The van der Waals surface area contributed by atoms with Crippen molar-refractivity contribution in [2.75, 3.05) is 19.8 Å². The molecular formula is C14H18FN3O3. The van der Waals surface area contributed by atoms with Crippen molar-refractivity contribution in [3.05, 3.63) is 29.8 Å². The predicted octanol–water partition coefficient (Wildman–Crippen LogP) is 0.586. The molecule has 21 heavy (non-hydrogen) atoms. The van der Waals surface area contributed by atoms with Crippen LogP contribution >= 0.6 is 0 Å². The van der Waals surface area contributed by atoms with E-state index in [0.29, 0.717) is 13.2 Å². The van der Waals surface area contributed by atoms with E-state index in [1.807, 2.05) is 13.8 Å². The van der Waals surface area contributed by atoms with Crippen molar-refractivity contribution < 1.29 is 18.7 Å². The summed E-state index contributed by atoms with van der Waals surface area (Å²) in [5, 5.41) is 2.76. The van der Waals surface area contributed by atoms with Gasteiger partial charge in [0.05, 0.1) is 13.2 Å². The van der Waals surface area contributed by atoms with E-state index in [9.17, 15) is 14.0 Å². The molecule has 2 rings (SSSR count). The molecule has 1 unspecified atom stereocenters. The summed E-state index contributed by atoms with van der Waals surface area (Å²) in [4.78, 5) is 29.4. The second kappa shape index (κ2) is 6.62. The Kier molecular flexibility index (Phi) is 4.85. The van der Waals surface area contributed by atoms with Crippen LogP contribution in [0.3, 0.4) is 0 Å². The van der Waals surface area contributed by atoms with Crippen LogP contribution < -0.4 is 5.32 Å². The van der Waals surface area contributed by atoms with Gasteiger partial charge in [-0.2, -0.15) is 4.39 Å². The average molecular weight is 295 g/mol. The highest BCUT2D eigenvalue weighted by Crippen LogP contribution is 2.13. The number of pyridine rings is 1. The fourth-order valence-corrected chi connectivity index (χ4v) is 2.15. The van der Waals surface area contributed by atoms with Crippen molar-refractivity contribution in [1.82, 2.24) is 15.2 Å². The Morgan fingerprint density at radius 3 is 2.95 bits per heavy atom. The topological polar surface area (TPSA) is 71.5 Å². The summed E-state index contributed by atoms with van der Waals surface area (Å²) < 4.78 is 18.4. The van der Waals surface area contributed by atoms with Gasteiger partial charge in [-0.15, -0.1) is 0 Å². The first kappa shape index (κ1) is 15.4. The highest BCUT2D eigenvalue weighted by molar-refractivity contribution is 5.97. The number of morpholine rings is 1. The Morgan fingerprint density at radius 2 is 2.29 bits per heavy atom. The Bertz CT molecular complexity index is 536. The normalized spacial score (nSPS) is 18.7. The molecule has 7 heteroatoms. The van der Waals surface area contributed by atoms with Crippen LogP contribution in [-0.2, 0) is 9.53 Å². The molecule has 0 bridgehead atoms. The summed E-state index contributed by atoms with van der Waals surface area (Å²) in [6, 6.07) is 1.76. The summed E-state index contributed by atoms with van der Waals surface area (Å²) in [5.74, 6) is -1.40. The van der Waals surface area contributed by atoms with E-state index >= 15 is 0 Å². The molecule has 1 aromatic heterocycles. The lowest BCUT2D eigenvalue weighted by molar-refractivity contribution is -0.131. The van der Waals surface area contributed by atoms with E-state index in [4.69, 9.17) is 4.74 Å². The molecule has 114 valence electrons. The van der Waals surface area contributed by atoms with E-state index in [1.165, 1.54) is 17.2 Å². The molecule has 0 radical (unpaired) electrons. The molecule has 0 saturated carbocycles. The smallest absolute Gasteiger partial charge is 0.254 e. The van der Waals surface area contributed by atoms with Gasteiger partial charge in [-0.25, -0.2) is 4.98 Å². The number of halogens is 1. The van der Waals surface area contributed by atoms with Crippen LogP contribution in [-0.4, -0.2) is 53.5 Å². The fraction of sp³-hybridized carbons (Fsp3) is 0.500. The number of rotatable bonds is 3. The first-order valence-electron chi connectivity index (χ1n) is 6.79. The van der Waals surface area contributed by atoms with Crippen molar-refractivity contribution in [1.29, 1.82) is 0 Å². The summed E-state index contributed by atoms with van der Waals surface area (Å²) in [7, 11) is 0. The average Bonchev–Trinajstić information content (AvgIpc) is 2.46. The zero-order chi connectivity index (χ0) is 15.4. The van der Waals surface area contributed by atoms with E-state index < -0.39 is 17.9 Å². The van der Waals surface area contributed by atoms with Crippen LogP contribution in [0.15, 0.2) is 18.3 Å². The van der Waals surface area contributed by atoms with Gasteiger partial charge in [0.2, 0.25) is 11.9 Å². The molecule has 2 heterocycles. The van der Waals surface area contributed by atoms with Gasteiger partial charge in [0, 0.05) is 30.4 Å². The summed E-state index contributed by atoms with van der Waals surface area (Å²) in [6.07, 6.45) is 1.23. The molecule has 1 aliphatic heterocycles. The van der Waals surface area contributed by atoms with Crippen molar-refractivity contribution in [3.63, 3.8) is 0 Å². The number of aromatic nitrogens is 1. The number of amides is 2. The van der Waals surface area contributed by atoms with Crippen LogP contribution in [0.5, 0.6) is 0 Å². The first-order chi connectivity index (χ1) is 9.99. The van der Waals surface area contributed by atoms with Gasteiger partial charge < -0.3 is 15.0 Å². The summed E-state index contributed by atoms with van der Waals surface area (Å²) in [6.45, 7) is 4.46. The molecule has 1 saturated heterocycles. The number of hydrogen-bond donors (Lipinski definition) is 1. The minimum absolute atomic E-state index is 0.0326. The maximum absolute atomic E-state index is 13.1. The molecule has 0 aromatic carbocycles. The maximum Gasteiger partial charge on any atom is 0.254 e. The third kappa shape index (κ3) is 3.75. The van der Waals surface area contributed by atoms with Gasteiger partial charge in [-0.1, -0.05) is 0 Å². The van der Waals surface area contributed by atoms with E-state index in [2.05, 4.69) is 10.3 Å². The first-order valence-corrected chi connectivity index (χ1v) is 6.79. The molecule has 1 aromatic rings. The monoisotopic (exact) mass is 295 g/mol. The number of nitrogens with zero attached hydrogens (tertiary/aromatic N) is 2. The predicted molar refractivity (Wildman–Crippen MR) is 73.1 cm³/mol. The second-order valence-electron chi connectivity index (χ2n) is 5.12. The molecule has 0 aliphatic carbocycles. The molecule has 1 atom stereocenters. The fourth-order valence-electron chi connectivity index (χ4n) is 2.15. The van der Waals surface area contributed by atoms with Crippen molar-refractivity contribution in [2.24, 2.45) is 0 Å². The number of carbonyl (C=O) groups is 2. The third-order valence-corrected chi connectivity index (χ3v) is 3.10. The van der Waals surface area contributed by atoms with Crippen molar-refractivity contribution in [3.8, 4) is 0 Å². The lowest BCUT2D eigenvalue weighted by atomic mass is 10.1. The lowest BCUT2D eigenvalue weighted by Gasteiger charge is -2.35. The van der Waals surface area contributed by atoms with Crippen LogP contribution in [0.25, 0.3) is 0 Å². The number of ether oxygens (including phenoxy) is 1. The molecule has 2 amide bonds. The highest BCUT2D eigenvalue weighted by atomic mass is 19.1. The molecule has 1 fully saturated rings. The number of nitrogens with one attached hydrogen (secondary N) is 1. The van der Waals surface area contributed by atoms with E-state index in [1.54, 1.807) is 0 Å². The second-order valence-corrected chi connectivity index (χ2v) is 5.12. The SMILES string of the molecule is CC(C)NC(=O)C1COCCN1C(=O)c1ccnc(F)c1.